The van der Waals surface area contributed by atoms with Gasteiger partial charge in [-0.25, -0.2) is 0 Å². The van der Waals surface area contributed by atoms with E-state index in [9.17, 15) is 9.59 Å². The first kappa shape index (κ1) is 21.6. The molecule has 6 nitrogen and oxygen atoms in total. The lowest BCUT2D eigenvalue weighted by molar-refractivity contribution is -0.137. The number of likely N-dealkylation sites (tertiary alicyclic amines) is 1. The van der Waals surface area contributed by atoms with Crippen molar-refractivity contribution in [1.82, 2.24) is 19.6 Å². The molecule has 1 saturated carbocycles. The van der Waals surface area contributed by atoms with Gasteiger partial charge in [0.1, 0.15) is 0 Å². The Morgan fingerprint density at radius 3 is 2.04 bits per heavy atom. The maximum Gasteiger partial charge on any atom is 0.236 e. The van der Waals surface area contributed by atoms with Gasteiger partial charge in [0.05, 0.1) is 13.1 Å². The number of piperidine rings is 1. The molecular weight excluding hydrogens is 352 g/mol. The first-order valence-corrected chi connectivity index (χ1v) is 11.4. The summed E-state index contributed by atoms with van der Waals surface area (Å²) >= 11 is 0. The smallest absolute Gasteiger partial charge is 0.236 e. The summed E-state index contributed by atoms with van der Waals surface area (Å²) in [5.41, 5.74) is 0. The van der Waals surface area contributed by atoms with Gasteiger partial charge in [0.2, 0.25) is 11.8 Å². The van der Waals surface area contributed by atoms with E-state index in [0.717, 1.165) is 64.3 Å². The van der Waals surface area contributed by atoms with E-state index in [1.54, 1.807) is 0 Å². The van der Waals surface area contributed by atoms with E-state index in [-0.39, 0.29) is 11.8 Å². The molecule has 2 aliphatic heterocycles. The Kier molecular flexibility index (Phi) is 7.75. The molecule has 160 valence electrons. The molecule has 3 fully saturated rings. The molecule has 0 bridgehead atoms. The molecule has 0 aromatic rings. The first-order valence-electron chi connectivity index (χ1n) is 11.4. The fourth-order valence-electron chi connectivity index (χ4n) is 4.99. The molecule has 2 amide bonds. The largest absolute Gasteiger partial charge is 0.342 e. The molecule has 3 rings (SSSR count). The maximum atomic E-state index is 12.7. The van der Waals surface area contributed by atoms with Crippen LogP contribution in [-0.4, -0.2) is 96.4 Å². The molecule has 0 N–H and O–H groups in total. The normalized spacial score (nSPS) is 30.2. The van der Waals surface area contributed by atoms with Crippen LogP contribution in [0.3, 0.4) is 0 Å². The summed E-state index contributed by atoms with van der Waals surface area (Å²) in [5, 5.41) is 0. The molecule has 2 heterocycles. The molecule has 1 unspecified atom stereocenters. The Balaban J connectivity index is 1.37. The second-order valence-electron chi connectivity index (χ2n) is 9.40. The summed E-state index contributed by atoms with van der Waals surface area (Å²) in [4.78, 5) is 33.9. The van der Waals surface area contributed by atoms with Crippen molar-refractivity contribution >= 4 is 11.8 Å². The van der Waals surface area contributed by atoms with Crippen molar-refractivity contribution in [3.05, 3.63) is 0 Å². The summed E-state index contributed by atoms with van der Waals surface area (Å²) in [6.45, 7) is 9.98. The summed E-state index contributed by atoms with van der Waals surface area (Å²) in [7, 11) is 1.98. The van der Waals surface area contributed by atoms with Gasteiger partial charge < -0.3 is 9.80 Å². The summed E-state index contributed by atoms with van der Waals surface area (Å²) in [6, 6.07) is 0.813. The number of hydrogen-bond acceptors (Lipinski definition) is 4. The zero-order valence-corrected chi connectivity index (χ0v) is 18.2. The summed E-state index contributed by atoms with van der Waals surface area (Å²) < 4.78 is 0. The van der Waals surface area contributed by atoms with Crippen molar-refractivity contribution in [2.45, 2.75) is 70.9 Å². The topological polar surface area (TPSA) is 47.1 Å². The predicted molar refractivity (Wildman–Crippen MR) is 112 cm³/mol. The van der Waals surface area contributed by atoms with Crippen LogP contribution in [0.4, 0.5) is 0 Å². The van der Waals surface area contributed by atoms with E-state index in [2.05, 4.69) is 28.5 Å². The Bertz CT molecular complexity index is 525. The van der Waals surface area contributed by atoms with Gasteiger partial charge in [-0.2, -0.15) is 0 Å². The number of piperazine rings is 1. The van der Waals surface area contributed by atoms with E-state index in [4.69, 9.17) is 0 Å². The van der Waals surface area contributed by atoms with Crippen LogP contribution in [0.1, 0.15) is 58.8 Å². The standard InChI is InChI=1S/C22H40N4O2/c1-18-7-9-20(10-8-18)23(3)21(27)16-24-12-14-25(15-13-24)17-22(28)26-11-5-4-6-19(26)2/h18-20H,4-17H2,1-3H3. The molecule has 0 spiro atoms. The van der Waals surface area contributed by atoms with E-state index in [0.29, 0.717) is 25.2 Å². The van der Waals surface area contributed by atoms with Crippen molar-refractivity contribution in [2.75, 3.05) is 52.9 Å². The molecular formula is C22H40N4O2. The highest BCUT2D eigenvalue weighted by molar-refractivity contribution is 5.79. The Labute approximate surface area is 171 Å². The Morgan fingerprint density at radius 1 is 0.821 bits per heavy atom. The lowest BCUT2D eigenvalue weighted by atomic mass is 9.87. The van der Waals surface area contributed by atoms with Crippen LogP contribution >= 0.6 is 0 Å². The van der Waals surface area contributed by atoms with E-state index >= 15 is 0 Å². The van der Waals surface area contributed by atoms with Gasteiger partial charge in [-0.1, -0.05) is 6.92 Å². The van der Waals surface area contributed by atoms with Crippen molar-refractivity contribution in [1.29, 1.82) is 0 Å². The van der Waals surface area contributed by atoms with Crippen molar-refractivity contribution < 1.29 is 9.59 Å². The molecule has 2 saturated heterocycles. The summed E-state index contributed by atoms with van der Waals surface area (Å²) in [5.74, 6) is 1.35. The van der Waals surface area contributed by atoms with Gasteiger partial charge in [-0.3, -0.25) is 19.4 Å². The fourth-order valence-corrected chi connectivity index (χ4v) is 4.99. The van der Waals surface area contributed by atoms with Gasteiger partial charge in [-0.05, 0) is 57.8 Å². The van der Waals surface area contributed by atoms with Gasteiger partial charge in [0.15, 0.2) is 0 Å². The number of carbonyl (C=O) groups is 2. The van der Waals surface area contributed by atoms with Crippen molar-refractivity contribution in [3.63, 3.8) is 0 Å². The maximum absolute atomic E-state index is 12.7. The van der Waals surface area contributed by atoms with Crippen LogP contribution in [0.15, 0.2) is 0 Å². The third-order valence-electron chi connectivity index (χ3n) is 7.23. The number of amides is 2. The minimum atomic E-state index is 0.256. The van der Waals surface area contributed by atoms with E-state index in [1.807, 2.05) is 11.9 Å². The lowest BCUT2D eigenvalue weighted by Gasteiger charge is -2.39. The quantitative estimate of drug-likeness (QED) is 0.718. The van der Waals surface area contributed by atoms with E-state index < -0.39 is 0 Å². The number of nitrogens with zero attached hydrogens (tertiary/aromatic N) is 4. The van der Waals surface area contributed by atoms with E-state index in [1.165, 1.54) is 19.3 Å². The van der Waals surface area contributed by atoms with Gasteiger partial charge in [-0.15, -0.1) is 0 Å². The van der Waals surface area contributed by atoms with Gasteiger partial charge >= 0.3 is 0 Å². The predicted octanol–water partition coefficient (Wildman–Crippen LogP) is 2.04. The van der Waals surface area contributed by atoms with Gasteiger partial charge in [0.25, 0.3) is 0 Å². The average Bonchev–Trinajstić information content (AvgIpc) is 2.69. The average molecular weight is 393 g/mol. The second kappa shape index (κ2) is 10.1. The van der Waals surface area contributed by atoms with Crippen molar-refractivity contribution in [3.8, 4) is 0 Å². The molecule has 3 aliphatic rings. The number of carbonyl (C=O) groups excluding carboxylic acids is 2. The van der Waals surface area contributed by atoms with Gasteiger partial charge in [0, 0.05) is 51.9 Å². The number of hydrogen-bond donors (Lipinski definition) is 0. The molecule has 0 radical (unpaired) electrons. The molecule has 6 heteroatoms. The number of likely N-dealkylation sites (N-methyl/N-ethyl adjacent to an activating group) is 1. The van der Waals surface area contributed by atoms with Crippen LogP contribution in [0.25, 0.3) is 0 Å². The molecule has 1 atom stereocenters. The highest BCUT2D eigenvalue weighted by Crippen LogP contribution is 2.26. The SMILES string of the molecule is CC1CCC(N(C)C(=O)CN2CCN(CC(=O)N3CCCCC3C)CC2)CC1. The molecule has 28 heavy (non-hydrogen) atoms. The molecule has 0 aromatic carbocycles. The first-order chi connectivity index (χ1) is 13.4. The van der Waals surface area contributed by atoms with Crippen molar-refractivity contribution in [2.24, 2.45) is 5.92 Å². The Hall–Kier alpha value is -1.14. The summed E-state index contributed by atoms with van der Waals surface area (Å²) in [6.07, 6.45) is 8.29. The van der Waals surface area contributed by atoms with Crippen LogP contribution in [0.2, 0.25) is 0 Å². The van der Waals surface area contributed by atoms with Crippen LogP contribution in [0.5, 0.6) is 0 Å². The fraction of sp³-hybridized carbons (Fsp3) is 0.909. The minimum absolute atomic E-state index is 0.256. The number of rotatable bonds is 5. The second-order valence-corrected chi connectivity index (χ2v) is 9.40. The van der Waals surface area contributed by atoms with Crippen LogP contribution in [0, 0.1) is 5.92 Å². The Morgan fingerprint density at radius 2 is 1.43 bits per heavy atom. The third-order valence-corrected chi connectivity index (χ3v) is 7.23. The third kappa shape index (κ3) is 5.69. The van der Waals surface area contributed by atoms with Crippen LogP contribution < -0.4 is 0 Å². The monoisotopic (exact) mass is 392 g/mol. The highest BCUT2D eigenvalue weighted by atomic mass is 16.2. The van der Waals surface area contributed by atoms with Crippen LogP contribution in [-0.2, 0) is 9.59 Å². The molecule has 0 aromatic heterocycles. The lowest BCUT2D eigenvalue weighted by Crippen LogP contribution is -2.54. The molecule has 1 aliphatic carbocycles. The highest BCUT2D eigenvalue weighted by Gasteiger charge is 2.29. The zero-order chi connectivity index (χ0) is 20.1. The zero-order valence-electron chi connectivity index (χ0n) is 18.2. The minimum Gasteiger partial charge on any atom is -0.342 e.